The molecule has 3 aromatic heterocycles. The Labute approximate surface area is 257 Å². The number of benzene rings is 2. The number of methoxy groups -OCH3 is 1. The Bertz CT molecular complexity index is 1940. The Morgan fingerprint density at radius 1 is 1.00 bits per heavy atom. The molecule has 10 nitrogen and oxygen atoms in total. The lowest BCUT2D eigenvalue weighted by Gasteiger charge is -2.30. The highest BCUT2D eigenvalue weighted by atomic mass is 32.2. The van der Waals surface area contributed by atoms with Crippen molar-refractivity contribution in [3.8, 4) is 17.0 Å². The number of nitrogens with zero attached hydrogens (tertiary/aromatic N) is 4. The number of hydrogen-bond donors (Lipinski definition) is 1. The average Bonchev–Trinajstić information content (AvgIpc) is 3.59. The molecule has 0 spiro atoms. The number of fused-ring (bicyclic) bond motifs is 3. The van der Waals surface area contributed by atoms with Crippen molar-refractivity contribution < 1.29 is 22.7 Å². The third-order valence-corrected chi connectivity index (χ3v) is 9.68. The van der Waals surface area contributed by atoms with Crippen molar-refractivity contribution in [2.75, 3.05) is 7.11 Å². The Balaban J connectivity index is 1.46. The van der Waals surface area contributed by atoms with E-state index in [1.807, 2.05) is 56.4 Å². The fourth-order valence-electron chi connectivity index (χ4n) is 5.92. The van der Waals surface area contributed by atoms with Gasteiger partial charge in [0, 0.05) is 23.7 Å². The summed E-state index contributed by atoms with van der Waals surface area (Å²) in [5.41, 5.74) is 3.75. The first-order valence-electron chi connectivity index (χ1n) is 14.8. The molecule has 1 aliphatic rings. The predicted octanol–water partition coefficient (Wildman–Crippen LogP) is 6.46. The van der Waals surface area contributed by atoms with Crippen LogP contribution in [-0.4, -0.2) is 51.6 Å². The van der Waals surface area contributed by atoms with Gasteiger partial charge in [0.25, 0.3) is 10.0 Å². The molecule has 1 aliphatic carbocycles. The molecule has 1 N–H and O–H groups in total. The number of alkyl carbamates (subject to hydrolysis) is 1. The lowest BCUT2D eigenvalue weighted by Crippen LogP contribution is -2.41. The summed E-state index contributed by atoms with van der Waals surface area (Å²) in [5, 5.41) is 3.05. The number of carbonyl (C=O) groups is 1. The van der Waals surface area contributed by atoms with Gasteiger partial charge in [-0.3, -0.25) is 4.40 Å². The van der Waals surface area contributed by atoms with Crippen LogP contribution in [0.25, 0.3) is 27.9 Å². The fourth-order valence-corrected chi connectivity index (χ4v) is 7.22. The van der Waals surface area contributed by atoms with Crippen molar-refractivity contribution in [3.63, 3.8) is 0 Å². The lowest BCUT2D eigenvalue weighted by molar-refractivity contribution is 0.0490. The second-order valence-electron chi connectivity index (χ2n) is 12.4. The van der Waals surface area contributed by atoms with E-state index in [9.17, 15) is 13.2 Å². The summed E-state index contributed by atoms with van der Waals surface area (Å²) in [6, 6.07) is 16.2. The highest BCUT2D eigenvalue weighted by Crippen LogP contribution is 2.38. The highest BCUT2D eigenvalue weighted by Gasteiger charge is 2.31. The van der Waals surface area contributed by atoms with E-state index in [2.05, 4.69) is 10.3 Å². The third kappa shape index (κ3) is 5.63. The molecule has 1 fully saturated rings. The van der Waals surface area contributed by atoms with E-state index < -0.39 is 21.7 Å². The van der Waals surface area contributed by atoms with Gasteiger partial charge in [-0.15, -0.1) is 0 Å². The van der Waals surface area contributed by atoms with Crippen molar-refractivity contribution >= 4 is 32.8 Å². The summed E-state index contributed by atoms with van der Waals surface area (Å²) in [5.74, 6) is 1.55. The van der Waals surface area contributed by atoms with Gasteiger partial charge in [-0.2, -0.15) is 0 Å². The van der Waals surface area contributed by atoms with Crippen LogP contribution in [0.15, 0.2) is 71.9 Å². The minimum Gasteiger partial charge on any atom is -0.497 e. The SMILES string of the molecule is COc1ccc(-c2nc([C@@H]3CCC[C@H](NC(=O)OC(C)(C)C)C3)n3c2cnc2c3ccn2S(=O)(=O)c2ccc(C)cc2)cc1. The number of carbonyl (C=O) groups excluding carboxylic acids is 1. The zero-order chi connectivity index (χ0) is 31.2. The maximum atomic E-state index is 13.7. The van der Waals surface area contributed by atoms with Crippen LogP contribution in [0.3, 0.4) is 0 Å². The van der Waals surface area contributed by atoms with E-state index in [1.165, 1.54) is 3.97 Å². The topological polar surface area (TPSA) is 117 Å². The maximum absolute atomic E-state index is 13.7. The smallest absolute Gasteiger partial charge is 0.407 e. The molecular formula is C33H37N5O5S. The van der Waals surface area contributed by atoms with E-state index >= 15 is 0 Å². The van der Waals surface area contributed by atoms with E-state index in [0.29, 0.717) is 17.6 Å². The first-order valence-corrected chi connectivity index (χ1v) is 16.2. The minimum atomic E-state index is -3.89. The van der Waals surface area contributed by atoms with Gasteiger partial charge in [0.2, 0.25) is 0 Å². The molecule has 0 radical (unpaired) electrons. The molecular weight excluding hydrogens is 578 g/mol. The molecule has 0 bridgehead atoms. The summed E-state index contributed by atoms with van der Waals surface area (Å²) in [6.45, 7) is 7.45. The van der Waals surface area contributed by atoms with Gasteiger partial charge in [0.1, 0.15) is 17.2 Å². The molecule has 0 saturated heterocycles. The first kappa shape index (κ1) is 29.7. The van der Waals surface area contributed by atoms with E-state index in [4.69, 9.17) is 14.5 Å². The van der Waals surface area contributed by atoms with Gasteiger partial charge >= 0.3 is 6.09 Å². The van der Waals surface area contributed by atoms with Gasteiger partial charge in [-0.1, -0.05) is 24.1 Å². The van der Waals surface area contributed by atoms with Crippen molar-refractivity contribution in [3.05, 3.63) is 78.4 Å². The molecule has 1 amide bonds. The van der Waals surface area contributed by atoms with E-state index in [-0.39, 0.29) is 16.9 Å². The van der Waals surface area contributed by atoms with Gasteiger partial charge in [-0.05, 0) is 89.4 Å². The number of aromatic nitrogens is 4. The molecule has 2 aromatic carbocycles. The molecule has 11 heteroatoms. The van der Waals surface area contributed by atoms with Crippen molar-refractivity contribution in [1.29, 1.82) is 0 Å². The number of hydrogen-bond acceptors (Lipinski definition) is 7. The van der Waals surface area contributed by atoms with Gasteiger partial charge in [0.15, 0.2) is 5.65 Å². The molecule has 3 heterocycles. The average molecular weight is 616 g/mol. The van der Waals surface area contributed by atoms with Crippen molar-refractivity contribution in [2.45, 2.75) is 75.8 Å². The predicted molar refractivity (Wildman–Crippen MR) is 169 cm³/mol. The monoisotopic (exact) mass is 615 g/mol. The first-order chi connectivity index (χ1) is 20.9. The minimum absolute atomic E-state index is 0.00541. The Kier molecular flexibility index (Phi) is 7.61. The number of imidazole rings is 1. The summed E-state index contributed by atoms with van der Waals surface area (Å²) in [7, 11) is -2.27. The Morgan fingerprint density at radius 2 is 1.73 bits per heavy atom. The van der Waals surface area contributed by atoms with Gasteiger partial charge in [-0.25, -0.2) is 27.2 Å². The Morgan fingerprint density at radius 3 is 2.41 bits per heavy atom. The Hall–Kier alpha value is -4.38. The number of ether oxygens (including phenoxy) is 2. The number of aryl methyl sites for hydroxylation is 1. The molecule has 230 valence electrons. The van der Waals surface area contributed by atoms with Crippen LogP contribution in [0.5, 0.6) is 5.75 Å². The molecule has 44 heavy (non-hydrogen) atoms. The molecule has 2 atom stereocenters. The summed E-state index contributed by atoms with van der Waals surface area (Å²) in [4.78, 5) is 22.6. The lowest BCUT2D eigenvalue weighted by atomic mass is 9.85. The van der Waals surface area contributed by atoms with Gasteiger partial charge in [0.05, 0.1) is 34.9 Å². The van der Waals surface area contributed by atoms with Crippen LogP contribution in [0, 0.1) is 6.92 Å². The highest BCUT2D eigenvalue weighted by molar-refractivity contribution is 7.90. The standard InChI is InChI=1S/C33H37N5O5S/c1-21-9-15-26(16-10-21)44(40,41)37-18-17-27-31(37)34-20-28-29(22-11-13-25(42-5)14-12-22)36-30(38(27)28)23-7-6-8-24(19-23)35-32(39)43-33(2,3)4/h9-18,20,23-24H,6-8,19H2,1-5H3,(H,35,39)/t23-,24+/m1/s1. The van der Waals surface area contributed by atoms with E-state index in [0.717, 1.165) is 53.2 Å². The molecule has 5 aromatic rings. The molecule has 6 rings (SSSR count). The van der Waals surface area contributed by atoms with Crippen LogP contribution in [0.4, 0.5) is 4.79 Å². The second kappa shape index (κ2) is 11.3. The number of nitrogens with one attached hydrogen (secondary N) is 1. The largest absolute Gasteiger partial charge is 0.497 e. The number of amides is 1. The van der Waals surface area contributed by atoms with Crippen LogP contribution in [-0.2, 0) is 14.8 Å². The quantitative estimate of drug-likeness (QED) is 0.233. The fraction of sp³-hybridized carbons (Fsp3) is 0.364. The van der Waals surface area contributed by atoms with E-state index in [1.54, 1.807) is 49.8 Å². The van der Waals surface area contributed by atoms with Crippen LogP contribution < -0.4 is 10.1 Å². The van der Waals surface area contributed by atoms with Crippen LogP contribution in [0.1, 0.15) is 63.8 Å². The number of rotatable bonds is 6. The summed E-state index contributed by atoms with van der Waals surface area (Å²) in [6.07, 6.45) is 6.10. The van der Waals surface area contributed by atoms with Gasteiger partial charge < -0.3 is 14.8 Å². The third-order valence-electron chi connectivity index (χ3n) is 8.00. The van der Waals surface area contributed by atoms with Crippen molar-refractivity contribution in [2.24, 2.45) is 0 Å². The normalized spacial score (nSPS) is 17.6. The second-order valence-corrected chi connectivity index (χ2v) is 14.2. The van der Waals surface area contributed by atoms with Crippen LogP contribution in [0.2, 0.25) is 0 Å². The zero-order valence-electron chi connectivity index (χ0n) is 25.6. The summed E-state index contributed by atoms with van der Waals surface area (Å²) < 4.78 is 41.6. The molecule has 0 aliphatic heterocycles. The summed E-state index contributed by atoms with van der Waals surface area (Å²) >= 11 is 0. The van der Waals surface area contributed by atoms with Crippen molar-refractivity contribution in [1.82, 2.24) is 23.7 Å². The maximum Gasteiger partial charge on any atom is 0.407 e. The van der Waals surface area contributed by atoms with Crippen LogP contribution >= 0.6 is 0 Å². The molecule has 0 unspecified atom stereocenters. The molecule has 1 saturated carbocycles. The zero-order valence-corrected chi connectivity index (χ0v) is 26.4.